The number of halogens is 1. The first-order chi connectivity index (χ1) is 12.1. The number of hydrogen-bond donors (Lipinski definition) is 2. The summed E-state index contributed by atoms with van der Waals surface area (Å²) < 4.78 is 13.4. The number of benzene rings is 1. The van der Waals surface area contributed by atoms with Crippen LogP contribution in [0.4, 0.5) is 4.39 Å². The fourth-order valence-corrected chi connectivity index (χ4v) is 5.70. The van der Waals surface area contributed by atoms with Crippen LogP contribution in [0.5, 0.6) is 0 Å². The fourth-order valence-electron chi connectivity index (χ4n) is 4.09. The van der Waals surface area contributed by atoms with E-state index in [0.29, 0.717) is 13.1 Å². The zero-order chi connectivity index (χ0) is 17.4. The monoisotopic (exact) mass is 361 g/mol. The number of allylic oxidation sites excluding steroid dienone is 1. The number of nitrogens with zero attached hydrogens (tertiary/aromatic N) is 1. The molecule has 0 radical (unpaired) electrons. The molecule has 2 aliphatic heterocycles. The van der Waals surface area contributed by atoms with E-state index in [9.17, 15) is 9.18 Å². The highest BCUT2D eigenvalue weighted by molar-refractivity contribution is 8.04. The Hall–Kier alpha value is -1.37. The van der Waals surface area contributed by atoms with Crippen molar-refractivity contribution >= 4 is 17.7 Å². The molecule has 0 saturated carbocycles. The Morgan fingerprint density at radius 3 is 3.04 bits per heavy atom. The van der Waals surface area contributed by atoms with E-state index < -0.39 is 0 Å². The highest BCUT2D eigenvalue weighted by Crippen LogP contribution is 2.50. The van der Waals surface area contributed by atoms with Gasteiger partial charge in [-0.1, -0.05) is 19.1 Å². The Morgan fingerprint density at radius 2 is 2.24 bits per heavy atom. The number of thioether (sulfide) groups is 1. The van der Waals surface area contributed by atoms with Crippen molar-refractivity contribution in [1.29, 1.82) is 0 Å². The van der Waals surface area contributed by atoms with Gasteiger partial charge >= 0.3 is 0 Å². The van der Waals surface area contributed by atoms with Gasteiger partial charge in [-0.15, -0.1) is 11.8 Å². The minimum Gasteiger partial charge on any atom is -0.339 e. The molecule has 2 heterocycles. The molecule has 1 fully saturated rings. The first kappa shape index (κ1) is 17.1. The van der Waals surface area contributed by atoms with E-state index >= 15 is 0 Å². The second-order valence-corrected chi connectivity index (χ2v) is 8.24. The molecule has 4 nitrogen and oxygen atoms in total. The van der Waals surface area contributed by atoms with Gasteiger partial charge in [0.25, 0.3) is 0 Å². The van der Waals surface area contributed by atoms with E-state index in [4.69, 9.17) is 0 Å². The second-order valence-electron chi connectivity index (χ2n) is 7.00. The second kappa shape index (κ2) is 7.09. The van der Waals surface area contributed by atoms with Crippen LogP contribution in [0.3, 0.4) is 0 Å². The third-order valence-corrected chi connectivity index (χ3v) is 6.72. The highest BCUT2D eigenvalue weighted by Gasteiger charge is 2.45. The van der Waals surface area contributed by atoms with Crippen molar-refractivity contribution in [3.63, 3.8) is 0 Å². The van der Waals surface area contributed by atoms with Crippen LogP contribution in [0.1, 0.15) is 31.7 Å². The number of likely N-dealkylation sites (N-methyl/N-ethyl adjacent to an activating group) is 1. The lowest BCUT2D eigenvalue weighted by molar-refractivity contribution is -0.127. The molecule has 3 unspecified atom stereocenters. The Bertz CT molecular complexity index is 708. The normalized spacial score (nSPS) is 28.3. The van der Waals surface area contributed by atoms with Crippen molar-refractivity contribution < 1.29 is 9.18 Å². The largest absolute Gasteiger partial charge is 0.339 e. The van der Waals surface area contributed by atoms with Gasteiger partial charge < -0.3 is 5.32 Å². The predicted octanol–water partition coefficient (Wildman–Crippen LogP) is 2.82. The standard InChI is InChI=1S/C19H24FN3OS/c1-2-23(10-12-5-3-6-13(20)9-12)11-16-21-18(24)17-14-7-4-8-15(14)25-19(17)22-16/h3,5-6,9,16-17,19,22H,2,4,7-8,10-11H2,1H3,(H,21,24). The SMILES string of the molecule is CCN(Cc1cccc(F)c1)CC1NC(=O)C2C3=C(CCC3)SC2N1. The minimum absolute atomic E-state index is 0.0112. The Kier molecular flexibility index (Phi) is 4.84. The molecule has 0 aromatic heterocycles. The lowest BCUT2D eigenvalue weighted by Crippen LogP contribution is -2.62. The summed E-state index contributed by atoms with van der Waals surface area (Å²) in [4.78, 5) is 16.3. The Labute approximate surface area is 152 Å². The summed E-state index contributed by atoms with van der Waals surface area (Å²) in [7, 11) is 0. The van der Waals surface area contributed by atoms with E-state index in [0.717, 1.165) is 24.9 Å². The fraction of sp³-hybridized carbons (Fsp3) is 0.526. The Morgan fingerprint density at radius 1 is 1.36 bits per heavy atom. The van der Waals surface area contributed by atoms with Crippen LogP contribution in [0.25, 0.3) is 0 Å². The summed E-state index contributed by atoms with van der Waals surface area (Å²) in [5.74, 6) is -0.0320. The van der Waals surface area contributed by atoms with Gasteiger partial charge in [0.05, 0.1) is 17.5 Å². The molecule has 1 amide bonds. The summed E-state index contributed by atoms with van der Waals surface area (Å²) in [6.45, 7) is 4.33. The van der Waals surface area contributed by atoms with E-state index in [-0.39, 0.29) is 29.2 Å². The van der Waals surface area contributed by atoms with Gasteiger partial charge in [-0.2, -0.15) is 0 Å². The maximum atomic E-state index is 13.4. The third-order valence-electron chi connectivity index (χ3n) is 5.30. The minimum atomic E-state index is -0.205. The average molecular weight is 361 g/mol. The average Bonchev–Trinajstić information content (AvgIpc) is 3.14. The summed E-state index contributed by atoms with van der Waals surface area (Å²) >= 11 is 1.85. The maximum Gasteiger partial charge on any atom is 0.230 e. The summed E-state index contributed by atoms with van der Waals surface area (Å²) in [6.07, 6.45) is 3.33. The van der Waals surface area contributed by atoms with Crippen LogP contribution in [0.2, 0.25) is 0 Å². The number of rotatable bonds is 5. The summed E-state index contributed by atoms with van der Waals surface area (Å²) in [5, 5.41) is 6.94. The van der Waals surface area contributed by atoms with Crippen LogP contribution in [0, 0.1) is 11.7 Å². The molecule has 0 bridgehead atoms. The summed E-state index contributed by atoms with van der Waals surface area (Å²) in [5.41, 5.74) is 2.32. The molecule has 134 valence electrons. The molecule has 25 heavy (non-hydrogen) atoms. The third kappa shape index (κ3) is 3.48. The van der Waals surface area contributed by atoms with Crippen LogP contribution in [0.15, 0.2) is 34.7 Å². The molecule has 3 atom stereocenters. The number of carbonyl (C=O) groups is 1. The molecule has 4 rings (SSSR count). The topological polar surface area (TPSA) is 44.4 Å². The lowest BCUT2D eigenvalue weighted by Gasteiger charge is -2.37. The highest BCUT2D eigenvalue weighted by atomic mass is 32.2. The molecule has 1 saturated heterocycles. The number of fused-ring (bicyclic) bond motifs is 2. The molecule has 1 aliphatic carbocycles. The van der Waals surface area contributed by atoms with Crippen molar-refractivity contribution in [3.8, 4) is 0 Å². The molecule has 6 heteroatoms. The van der Waals surface area contributed by atoms with Crippen molar-refractivity contribution in [1.82, 2.24) is 15.5 Å². The van der Waals surface area contributed by atoms with Gasteiger partial charge in [0.15, 0.2) is 0 Å². The van der Waals surface area contributed by atoms with Gasteiger partial charge in [-0.05, 0) is 54.0 Å². The molecule has 1 aromatic carbocycles. The van der Waals surface area contributed by atoms with Gasteiger partial charge in [0.2, 0.25) is 5.91 Å². The number of nitrogens with one attached hydrogen (secondary N) is 2. The van der Waals surface area contributed by atoms with Gasteiger partial charge in [0.1, 0.15) is 5.82 Å². The van der Waals surface area contributed by atoms with Crippen LogP contribution < -0.4 is 10.6 Å². The molecular weight excluding hydrogens is 337 g/mol. The van der Waals surface area contributed by atoms with Crippen LogP contribution in [-0.2, 0) is 11.3 Å². The van der Waals surface area contributed by atoms with E-state index in [1.807, 2.05) is 17.8 Å². The molecule has 1 aromatic rings. The van der Waals surface area contributed by atoms with Crippen molar-refractivity contribution in [3.05, 3.63) is 46.1 Å². The zero-order valence-corrected chi connectivity index (χ0v) is 15.2. The quantitative estimate of drug-likeness (QED) is 0.847. The smallest absolute Gasteiger partial charge is 0.230 e. The van der Waals surface area contributed by atoms with E-state index in [2.05, 4.69) is 22.5 Å². The number of amides is 1. The zero-order valence-electron chi connectivity index (χ0n) is 14.4. The van der Waals surface area contributed by atoms with Crippen LogP contribution >= 0.6 is 11.8 Å². The molecule has 3 aliphatic rings. The van der Waals surface area contributed by atoms with Gasteiger partial charge in [-0.25, -0.2) is 4.39 Å². The number of hydrogen-bond acceptors (Lipinski definition) is 4. The van der Waals surface area contributed by atoms with Crippen molar-refractivity contribution in [2.75, 3.05) is 13.1 Å². The predicted molar refractivity (Wildman–Crippen MR) is 98.2 cm³/mol. The molecular formula is C19H24FN3OS. The molecule has 2 N–H and O–H groups in total. The van der Waals surface area contributed by atoms with Crippen LogP contribution in [-0.4, -0.2) is 35.4 Å². The lowest BCUT2D eigenvalue weighted by atomic mass is 9.95. The van der Waals surface area contributed by atoms with E-state index in [1.54, 1.807) is 12.1 Å². The first-order valence-corrected chi connectivity index (χ1v) is 9.94. The number of carbonyl (C=O) groups excluding carboxylic acids is 1. The van der Waals surface area contributed by atoms with Gasteiger partial charge in [0, 0.05) is 13.1 Å². The van der Waals surface area contributed by atoms with Crippen molar-refractivity contribution in [2.45, 2.75) is 44.3 Å². The van der Waals surface area contributed by atoms with Gasteiger partial charge in [-0.3, -0.25) is 15.0 Å². The van der Waals surface area contributed by atoms with E-state index in [1.165, 1.54) is 23.0 Å². The molecule has 0 spiro atoms. The first-order valence-electron chi connectivity index (χ1n) is 9.06. The maximum absolute atomic E-state index is 13.4. The Balaban J connectivity index is 1.39. The summed E-state index contributed by atoms with van der Waals surface area (Å²) in [6, 6.07) is 6.72. The van der Waals surface area contributed by atoms with Crippen molar-refractivity contribution in [2.24, 2.45) is 5.92 Å².